The number of nitrogens with zero attached hydrogens (tertiary/aromatic N) is 1. The molecule has 0 amide bonds. The summed E-state index contributed by atoms with van der Waals surface area (Å²) in [6.45, 7) is 2.20. The average molecular weight is 244 g/mol. The Morgan fingerprint density at radius 1 is 1.69 bits per heavy atom. The van der Waals surface area contributed by atoms with Crippen LogP contribution in [-0.4, -0.2) is 17.6 Å². The Bertz CT molecular complexity index is 301. The molecule has 1 heterocycles. The van der Waals surface area contributed by atoms with Gasteiger partial charge in [-0.15, -0.1) is 0 Å². The fraction of sp³-hybridized carbons (Fsp3) is 0.333. The van der Waals surface area contributed by atoms with E-state index in [1.807, 2.05) is 6.07 Å². The molecule has 0 aliphatic rings. The number of carbonyl (C=O) groups is 1. The van der Waals surface area contributed by atoms with E-state index in [2.05, 4.69) is 20.9 Å². The lowest BCUT2D eigenvalue weighted by molar-refractivity contribution is -0.142. The number of esters is 1. The second-order valence-electron chi connectivity index (χ2n) is 2.44. The maximum absolute atomic E-state index is 11.1. The van der Waals surface area contributed by atoms with Gasteiger partial charge in [0.15, 0.2) is 0 Å². The van der Waals surface area contributed by atoms with E-state index in [-0.39, 0.29) is 12.4 Å². The highest BCUT2D eigenvalue weighted by Crippen LogP contribution is 2.13. The minimum absolute atomic E-state index is 0.226. The van der Waals surface area contributed by atoms with E-state index in [4.69, 9.17) is 4.74 Å². The highest BCUT2D eigenvalue weighted by Gasteiger charge is 2.06. The quantitative estimate of drug-likeness (QED) is 0.602. The van der Waals surface area contributed by atoms with Crippen LogP contribution in [0.5, 0.6) is 0 Å². The van der Waals surface area contributed by atoms with Gasteiger partial charge in [-0.2, -0.15) is 0 Å². The van der Waals surface area contributed by atoms with Crippen molar-refractivity contribution in [3.05, 3.63) is 28.5 Å². The molecule has 3 nitrogen and oxygen atoms in total. The van der Waals surface area contributed by atoms with Gasteiger partial charge in [-0.3, -0.25) is 4.79 Å². The number of rotatable bonds is 3. The zero-order valence-electron chi connectivity index (χ0n) is 7.29. The zero-order valence-corrected chi connectivity index (χ0v) is 8.87. The van der Waals surface area contributed by atoms with Gasteiger partial charge in [-0.05, 0) is 34.5 Å². The maximum atomic E-state index is 11.1. The van der Waals surface area contributed by atoms with Crippen LogP contribution in [0.25, 0.3) is 0 Å². The smallest absolute Gasteiger partial charge is 0.310 e. The van der Waals surface area contributed by atoms with Gasteiger partial charge >= 0.3 is 5.97 Å². The molecule has 0 fully saturated rings. The lowest BCUT2D eigenvalue weighted by Gasteiger charge is -2.02. The van der Waals surface area contributed by atoms with Crippen molar-refractivity contribution in [2.45, 2.75) is 13.3 Å². The third-order valence-electron chi connectivity index (χ3n) is 1.48. The third kappa shape index (κ3) is 3.14. The Balaban J connectivity index is 2.63. The third-order valence-corrected chi connectivity index (χ3v) is 2.19. The van der Waals surface area contributed by atoms with E-state index in [1.54, 1.807) is 19.2 Å². The summed E-state index contributed by atoms with van der Waals surface area (Å²) >= 11 is 3.26. The van der Waals surface area contributed by atoms with E-state index in [9.17, 15) is 4.79 Å². The topological polar surface area (TPSA) is 39.2 Å². The molecule has 13 heavy (non-hydrogen) atoms. The van der Waals surface area contributed by atoms with Crippen LogP contribution in [0.3, 0.4) is 0 Å². The first-order valence-electron chi connectivity index (χ1n) is 3.99. The van der Waals surface area contributed by atoms with Gasteiger partial charge < -0.3 is 4.74 Å². The van der Waals surface area contributed by atoms with E-state index in [0.29, 0.717) is 11.2 Å². The van der Waals surface area contributed by atoms with Crippen molar-refractivity contribution in [2.75, 3.05) is 6.61 Å². The number of ether oxygens (including phenoxy) is 1. The minimum atomic E-state index is -0.226. The Labute approximate surface area is 85.3 Å². The summed E-state index contributed by atoms with van der Waals surface area (Å²) in [6.07, 6.45) is 1.93. The Morgan fingerprint density at radius 3 is 3.08 bits per heavy atom. The molecule has 70 valence electrons. The van der Waals surface area contributed by atoms with Gasteiger partial charge in [0.05, 0.1) is 13.0 Å². The van der Waals surface area contributed by atoms with E-state index in [1.165, 1.54) is 0 Å². The lowest BCUT2D eigenvalue weighted by Crippen LogP contribution is -2.08. The van der Waals surface area contributed by atoms with Crippen molar-refractivity contribution in [2.24, 2.45) is 0 Å². The van der Waals surface area contributed by atoms with Gasteiger partial charge in [0.2, 0.25) is 0 Å². The van der Waals surface area contributed by atoms with Crippen LogP contribution >= 0.6 is 15.9 Å². The molecular weight excluding hydrogens is 234 g/mol. The van der Waals surface area contributed by atoms with Crippen LogP contribution < -0.4 is 0 Å². The largest absolute Gasteiger partial charge is 0.466 e. The Hall–Kier alpha value is -0.900. The molecule has 1 aromatic heterocycles. The summed E-state index contributed by atoms with van der Waals surface area (Å²) in [5.74, 6) is -0.226. The van der Waals surface area contributed by atoms with Crippen molar-refractivity contribution in [3.8, 4) is 0 Å². The van der Waals surface area contributed by atoms with Crippen LogP contribution in [0, 0.1) is 0 Å². The van der Waals surface area contributed by atoms with Gasteiger partial charge in [-0.25, -0.2) is 4.98 Å². The predicted octanol–water partition coefficient (Wildman–Crippen LogP) is 1.95. The predicted molar refractivity (Wildman–Crippen MR) is 52.3 cm³/mol. The zero-order chi connectivity index (χ0) is 9.68. The molecule has 0 N–H and O–H groups in total. The van der Waals surface area contributed by atoms with E-state index < -0.39 is 0 Å². The van der Waals surface area contributed by atoms with Gasteiger partial charge in [0.25, 0.3) is 0 Å². The molecule has 1 rings (SSSR count). The highest BCUT2D eigenvalue weighted by molar-refractivity contribution is 9.10. The molecule has 0 spiro atoms. The molecule has 0 saturated carbocycles. The van der Waals surface area contributed by atoms with Crippen LogP contribution in [-0.2, 0) is 16.0 Å². The first-order chi connectivity index (χ1) is 6.24. The lowest BCUT2D eigenvalue weighted by atomic mass is 10.2. The molecule has 4 heteroatoms. The second-order valence-corrected chi connectivity index (χ2v) is 3.19. The van der Waals surface area contributed by atoms with Crippen molar-refractivity contribution in [1.29, 1.82) is 0 Å². The molecule has 0 aromatic carbocycles. The number of hydrogen-bond donors (Lipinski definition) is 0. The van der Waals surface area contributed by atoms with E-state index in [0.717, 1.165) is 5.56 Å². The first kappa shape index (κ1) is 10.2. The summed E-state index contributed by atoms with van der Waals surface area (Å²) in [5, 5.41) is 0. The number of pyridine rings is 1. The molecule has 0 aliphatic heterocycles. The molecule has 0 bridgehead atoms. The van der Waals surface area contributed by atoms with Gasteiger partial charge in [-0.1, -0.05) is 6.07 Å². The molecule has 0 saturated heterocycles. The highest BCUT2D eigenvalue weighted by atomic mass is 79.9. The fourth-order valence-corrected chi connectivity index (χ4v) is 1.31. The normalized spacial score (nSPS) is 9.69. The molecule has 1 aromatic rings. The van der Waals surface area contributed by atoms with Gasteiger partial charge in [0.1, 0.15) is 4.60 Å². The van der Waals surface area contributed by atoms with Crippen molar-refractivity contribution in [3.63, 3.8) is 0 Å². The van der Waals surface area contributed by atoms with Crippen molar-refractivity contribution in [1.82, 2.24) is 4.98 Å². The average Bonchev–Trinajstić information content (AvgIpc) is 2.09. The molecule has 0 unspecified atom stereocenters. The van der Waals surface area contributed by atoms with Crippen molar-refractivity contribution < 1.29 is 9.53 Å². The van der Waals surface area contributed by atoms with Crippen molar-refractivity contribution >= 4 is 21.9 Å². The molecule has 0 aliphatic carbocycles. The standard InChI is InChI=1S/C9H10BrNO2/c1-2-13-8(12)6-7-4-3-5-11-9(7)10/h3-5H,2,6H2,1H3. The molecular formula is C9H10BrNO2. The maximum Gasteiger partial charge on any atom is 0.310 e. The first-order valence-corrected chi connectivity index (χ1v) is 4.78. The number of carbonyl (C=O) groups excluding carboxylic acids is 1. The van der Waals surface area contributed by atoms with E-state index >= 15 is 0 Å². The second kappa shape index (κ2) is 4.97. The summed E-state index contributed by atoms with van der Waals surface area (Å²) in [7, 11) is 0. The molecule has 0 radical (unpaired) electrons. The summed E-state index contributed by atoms with van der Waals surface area (Å²) in [5.41, 5.74) is 0.848. The number of hydrogen-bond acceptors (Lipinski definition) is 3. The monoisotopic (exact) mass is 243 g/mol. The fourth-order valence-electron chi connectivity index (χ4n) is 0.919. The summed E-state index contributed by atoms with van der Waals surface area (Å²) in [6, 6.07) is 3.63. The minimum Gasteiger partial charge on any atom is -0.466 e. The van der Waals surface area contributed by atoms with Crippen LogP contribution in [0.4, 0.5) is 0 Å². The van der Waals surface area contributed by atoms with Gasteiger partial charge in [0, 0.05) is 6.20 Å². The Morgan fingerprint density at radius 2 is 2.46 bits per heavy atom. The summed E-state index contributed by atoms with van der Waals surface area (Å²) in [4.78, 5) is 15.1. The van der Waals surface area contributed by atoms with Crippen LogP contribution in [0.2, 0.25) is 0 Å². The van der Waals surface area contributed by atoms with Crippen LogP contribution in [0.1, 0.15) is 12.5 Å². The van der Waals surface area contributed by atoms with Crippen LogP contribution in [0.15, 0.2) is 22.9 Å². The number of aromatic nitrogens is 1. The molecule has 0 atom stereocenters. The Kier molecular flexibility index (Phi) is 3.89. The SMILES string of the molecule is CCOC(=O)Cc1cccnc1Br. The number of halogens is 1. The summed E-state index contributed by atoms with van der Waals surface area (Å²) < 4.78 is 5.51.